The molecule has 3 atom stereocenters. The fraction of sp³-hybridized carbons (Fsp3) is 0.571. The minimum absolute atomic E-state index is 0.290. The van der Waals surface area contributed by atoms with E-state index >= 15 is 0 Å². The summed E-state index contributed by atoms with van der Waals surface area (Å²) in [6.45, 7) is 0. The fourth-order valence-corrected chi connectivity index (χ4v) is 3.08. The summed E-state index contributed by atoms with van der Waals surface area (Å²) >= 11 is 0. The molecule has 86 valence electrons. The number of nitrogens with zero attached hydrogens (tertiary/aromatic N) is 1. The number of ether oxygens (including phenoxy) is 1. The molecule has 0 unspecified atom stereocenters. The largest absolute Gasteiger partial charge is 0.368 e. The molecule has 0 amide bonds. The molecular weight excluding hydrogens is 198 g/mol. The quantitative estimate of drug-likeness (QED) is 0.716. The third-order valence-corrected chi connectivity index (χ3v) is 3.95. The van der Waals surface area contributed by atoms with Gasteiger partial charge < -0.3 is 9.64 Å². The van der Waals surface area contributed by atoms with Crippen LogP contribution < -0.4 is 0 Å². The normalized spacial score (nSPS) is 32.6. The molecule has 2 heteroatoms. The number of rotatable bonds is 1. The lowest BCUT2D eigenvalue weighted by Gasteiger charge is -2.44. The van der Waals surface area contributed by atoms with E-state index in [1.54, 1.807) is 0 Å². The topological polar surface area (TPSA) is 12.5 Å². The van der Waals surface area contributed by atoms with Crippen molar-refractivity contribution < 1.29 is 4.74 Å². The maximum Gasteiger partial charge on any atom is 0.0986 e. The first-order valence-electron chi connectivity index (χ1n) is 6.15. The van der Waals surface area contributed by atoms with E-state index in [1.807, 2.05) is 0 Å². The van der Waals surface area contributed by atoms with Crippen LogP contribution in [0, 0.1) is 0 Å². The number of fused-ring (bicyclic) bond motifs is 4. The van der Waals surface area contributed by atoms with Crippen LogP contribution in [0.3, 0.4) is 0 Å². The van der Waals surface area contributed by atoms with E-state index in [-0.39, 0.29) is 0 Å². The molecule has 1 aromatic rings. The molecule has 2 aliphatic rings. The smallest absolute Gasteiger partial charge is 0.0986 e. The maximum atomic E-state index is 6.18. The van der Waals surface area contributed by atoms with Gasteiger partial charge in [0.05, 0.1) is 12.2 Å². The molecule has 0 aliphatic carbocycles. The lowest BCUT2D eigenvalue weighted by molar-refractivity contribution is -0.101. The SMILES string of the molecule is CN(C)[C@@H]1CC[C@@H]2Cc3ccccc3[C@H]1O2. The Morgan fingerprint density at radius 3 is 2.81 bits per heavy atom. The average Bonchev–Trinajstić information content (AvgIpc) is 2.29. The highest BCUT2D eigenvalue weighted by Crippen LogP contribution is 2.40. The summed E-state index contributed by atoms with van der Waals surface area (Å²) in [5.74, 6) is 0. The van der Waals surface area contributed by atoms with E-state index in [0.29, 0.717) is 18.2 Å². The van der Waals surface area contributed by atoms with Crippen LogP contribution in [0.25, 0.3) is 0 Å². The van der Waals surface area contributed by atoms with Gasteiger partial charge in [-0.3, -0.25) is 0 Å². The lowest BCUT2D eigenvalue weighted by Crippen LogP contribution is -2.44. The molecular formula is C14H19NO. The van der Waals surface area contributed by atoms with Gasteiger partial charge in [0, 0.05) is 6.04 Å². The first-order chi connectivity index (χ1) is 7.75. The second-order valence-corrected chi connectivity index (χ2v) is 5.19. The molecule has 2 aliphatic heterocycles. The summed E-state index contributed by atoms with van der Waals surface area (Å²) in [5, 5.41) is 0. The predicted octanol–water partition coefficient (Wildman–Crippen LogP) is 2.39. The predicted molar refractivity (Wildman–Crippen MR) is 64.5 cm³/mol. The van der Waals surface area contributed by atoms with Crippen LogP contribution in [0.2, 0.25) is 0 Å². The van der Waals surface area contributed by atoms with Crippen molar-refractivity contribution in [3.63, 3.8) is 0 Å². The first-order valence-corrected chi connectivity index (χ1v) is 6.15. The third kappa shape index (κ3) is 1.57. The van der Waals surface area contributed by atoms with E-state index in [0.717, 1.165) is 6.42 Å². The molecule has 2 nitrogen and oxygen atoms in total. The molecule has 0 N–H and O–H groups in total. The molecule has 1 aromatic carbocycles. The van der Waals surface area contributed by atoms with Crippen LogP contribution in [-0.2, 0) is 11.2 Å². The van der Waals surface area contributed by atoms with E-state index < -0.39 is 0 Å². The Labute approximate surface area is 97.2 Å². The molecule has 2 bridgehead atoms. The molecule has 3 rings (SSSR count). The molecule has 0 aromatic heterocycles. The Morgan fingerprint density at radius 1 is 1.19 bits per heavy atom. The van der Waals surface area contributed by atoms with Crippen LogP contribution in [-0.4, -0.2) is 31.1 Å². The summed E-state index contributed by atoms with van der Waals surface area (Å²) in [7, 11) is 4.32. The first kappa shape index (κ1) is 10.3. The van der Waals surface area contributed by atoms with Crippen molar-refractivity contribution in [1.82, 2.24) is 4.90 Å². The zero-order chi connectivity index (χ0) is 11.1. The Balaban J connectivity index is 2.00. The number of likely N-dealkylation sites (N-methyl/N-ethyl adjacent to an activating group) is 1. The lowest BCUT2D eigenvalue weighted by atomic mass is 9.83. The van der Waals surface area contributed by atoms with Crippen molar-refractivity contribution in [3.8, 4) is 0 Å². The molecule has 0 radical (unpaired) electrons. The summed E-state index contributed by atoms with van der Waals surface area (Å²) in [6, 6.07) is 9.31. The van der Waals surface area contributed by atoms with Crippen molar-refractivity contribution in [2.75, 3.05) is 14.1 Å². The van der Waals surface area contributed by atoms with Crippen LogP contribution >= 0.6 is 0 Å². The van der Waals surface area contributed by atoms with Crippen molar-refractivity contribution >= 4 is 0 Å². The van der Waals surface area contributed by atoms with Gasteiger partial charge >= 0.3 is 0 Å². The molecule has 0 spiro atoms. The van der Waals surface area contributed by atoms with Gasteiger partial charge in [-0.05, 0) is 44.5 Å². The second kappa shape index (κ2) is 3.86. The Bertz CT molecular complexity index is 388. The maximum absolute atomic E-state index is 6.18. The van der Waals surface area contributed by atoms with Gasteiger partial charge in [0.25, 0.3) is 0 Å². The van der Waals surface area contributed by atoms with Crippen LogP contribution in [0.4, 0.5) is 0 Å². The van der Waals surface area contributed by atoms with Crippen molar-refractivity contribution in [1.29, 1.82) is 0 Å². The van der Waals surface area contributed by atoms with Crippen molar-refractivity contribution in [3.05, 3.63) is 35.4 Å². The van der Waals surface area contributed by atoms with Gasteiger partial charge in [0.2, 0.25) is 0 Å². The number of hydrogen-bond acceptors (Lipinski definition) is 2. The Hall–Kier alpha value is -0.860. The highest BCUT2D eigenvalue weighted by Gasteiger charge is 2.38. The van der Waals surface area contributed by atoms with Gasteiger partial charge in [0.1, 0.15) is 0 Å². The monoisotopic (exact) mass is 217 g/mol. The summed E-state index contributed by atoms with van der Waals surface area (Å²) in [6.07, 6.45) is 4.31. The molecule has 0 saturated carbocycles. The van der Waals surface area contributed by atoms with E-state index in [2.05, 4.69) is 43.3 Å². The van der Waals surface area contributed by atoms with Crippen LogP contribution in [0.1, 0.15) is 30.1 Å². The van der Waals surface area contributed by atoms with Crippen LogP contribution in [0.15, 0.2) is 24.3 Å². The van der Waals surface area contributed by atoms with E-state index in [1.165, 1.54) is 24.0 Å². The fourth-order valence-electron chi connectivity index (χ4n) is 3.08. The van der Waals surface area contributed by atoms with Crippen molar-refractivity contribution in [2.45, 2.75) is 37.5 Å². The van der Waals surface area contributed by atoms with Gasteiger partial charge in [0.15, 0.2) is 0 Å². The minimum atomic E-state index is 0.290. The highest BCUT2D eigenvalue weighted by molar-refractivity contribution is 5.33. The van der Waals surface area contributed by atoms with Gasteiger partial charge in [-0.1, -0.05) is 24.3 Å². The third-order valence-electron chi connectivity index (χ3n) is 3.95. The second-order valence-electron chi connectivity index (χ2n) is 5.19. The molecule has 1 saturated heterocycles. The zero-order valence-electron chi connectivity index (χ0n) is 10.0. The summed E-state index contributed by atoms with van der Waals surface area (Å²) in [5.41, 5.74) is 2.91. The number of benzene rings is 1. The van der Waals surface area contributed by atoms with Crippen molar-refractivity contribution in [2.24, 2.45) is 0 Å². The van der Waals surface area contributed by atoms with Gasteiger partial charge in [-0.2, -0.15) is 0 Å². The summed E-state index contributed by atoms with van der Waals surface area (Å²) in [4.78, 5) is 2.31. The minimum Gasteiger partial charge on any atom is -0.368 e. The van der Waals surface area contributed by atoms with Gasteiger partial charge in [-0.15, -0.1) is 0 Å². The zero-order valence-corrected chi connectivity index (χ0v) is 10.0. The Kier molecular flexibility index (Phi) is 2.49. The highest BCUT2D eigenvalue weighted by atomic mass is 16.5. The van der Waals surface area contributed by atoms with Crippen LogP contribution in [0.5, 0.6) is 0 Å². The molecule has 2 heterocycles. The Morgan fingerprint density at radius 2 is 2.00 bits per heavy atom. The molecule has 16 heavy (non-hydrogen) atoms. The standard InChI is InChI=1S/C14H19NO/c1-15(2)13-8-7-11-9-10-5-3-4-6-12(10)14(13)16-11/h3-6,11,13-14H,7-9H2,1-2H3/t11-,13-,14-/m1/s1. The molecule has 1 fully saturated rings. The average molecular weight is 217 g/mol. The van der Waals surface area contributed by atoms with Gasteiger partial charge in [-0.25, -0.2) is 0 Å². The van der Waals surface area contributed by atoms with E-state index in [4.69, 9.17) is 4.74 Å². The summed E-state index contributed by atoms with van der Waals surface area (Å²) < 4.78 is 6.18. The van der Waals surface area contributed by atoms with E-state index in [9.17, 15) is 0 Å². The number of hydrogen-bond donors (Lipinski definition) is 0.